The molecule has 0 aromatic heterocycles. The quantitative estimate of drug-likeness (QED) is 0.630. The smallest absolute Gasteiger partial charge is 0.334 e. The molecule has 0 radical (unpaired) electrons. The molecule has 0 amide bonds. The Kier molecular flexibility index (Phi) is 2.83. The van der Waals surface area contributed by atoms with Crippen LogP contribution in [0.15, 0.2) is 12.2 Å². The van der Waals surface area contributed by atoms with E-state index in [1.54, 1.807) is 0 Å². The zero-order valence-corrected chi connectivity index (χ0v) is 11.9. The molecule has 4 bridgehead atoms. The van der Waals surface area contributed by atoms with Crippen LogP contribution in [0.1, 0.15) is 52.4 Å². The summed E-state index contributed by atoms with van der Waals surface area (Å²) in [5, 5.41) is 10.6. The van der Waals surface area contributed by atoms with Gasteiger partial charge in [0.05, 0.1) is 5.60 Å². The van der Waals surface area contributed by atoms with Crippen molar-refractivity contribution in [3.8, 4) is 0 Å². The first-order valence-corrected chi connectivity index (χ1v) is 7.45. The van der Waals surface area contributed by atoms with Gasteiger partial charge in [0.25, 0.3) is 0 Å². The Morgan fingerprint density at radius 3 is 2.32 bits per heavy atom. The summed E-state index contributed by atoms with van der Waals surface area (Å²) in [7, 11) is 0. The Bertz CT molecular complexity index is 410. The molecule has 0 aliphatic heterocycles. The third-order valence-corrected chi connectivity index (χ3v) is 5.24. The van der Waals surface area contributed by atoms with Crippen molar-refractivity contribution >= 4 is 5.97 Å². The van der Waals surface area contributed by atoms with Crippen molar-refractivity contribution in [2.45, 2.75) is 63.6 Å². The largest absolute Gasteiger partial charge is 0.456 e. The Balaban J connectivity index is 1.77. The van der Waals surface area contributed by atoms with Gasteiger partial charge in [-0.05, 0) is 49.9 Å². The Hall–Kier alpha value is -0.830. The third kappa shape index (κ3) is 2.22. The normalized spacial score (nSPS) is 43.6. The lowest BCUT2D eigenvalue weighted by atomic mass is 9.52. The summed E-state index contributed by atoms with van der Waals surface area (Å²) in [6.07, 6.45) is 5.49. The van der Waals surface area contributed by atoms with Crippen LogP contribution in [0, 0.1) is 17.8 Å². The van der Waals surface area contributed by atoms with E-state index < -0.39 is 11.2 Å². The molecule has 0 aromatic carbocycles. The van der Waals surface area contributed by atoms with Gasteiger partial charge in [0.15, 0.2) is 0 Å². The number of esters is 1. The minimum atomic E-state index is -0.580. The summed E-state index contributed by atoms with van der Waals surface area (Å²) < 4.78 is 5.84. The number of aliphatic hydroxyl groups is 1. The molecule has 19 heavy (non-hydrogen) atoms. The summed E-state index contributed by atoms with van der Waals surface area (Å²) in [5.74, 6) is 0.919. The van der Waals surface area contributed by atoms with Crippen LogP contribution in [-0.2, 0) is 9.53 Å². The minimum absolute atomic E-state index is 0.115. The number of carbonyl (C=O) groups excluding carboxylic acids is 1. The van der Waals surface area contributed by atoms with Gasteiger partial charge in [-0.2, -0.15) is 0 Å². The van der Waals surface area contributed by atoms with Crippen molar-refractivity contribution in [2.75, 3.05) is 0 Å². The van der Waals surface area contributed by atoms with Crippen LogP contribution in [0.3, 0.4) is 0 Å². The lowest BCUT2D eigenvalue weighted by Crippen LogP contribution is -2.60. The maximum Gasteiger partial charge on any atom is 0.334 e. The Morgan fingerprint density at radius 2 is 1.84 bits per heavy atom. The maximum atomic E-state index is 12.2. The van der Waals surface area contributed by atoms with Crippen LogP contribution in [0.5, 0.6) is 0 Å². The SMILES string of the molecule is C=C(C(=O)OC12CC3CC(CC(O)(C3)C1)C2)C(C)C. The molecule has 2 atom stereocenters. The third-order valence-electron chi connectivity index (χ3n) is 5.24. The monoisotopic (exact) mass is 264 g/mol. The molecule has 4 saturated carbocycles. The second-order valence-corrected chi connectivity index (χ2v) is 7.44. The van der Waals surface area contributed by atoms with Crippen molar-refractivity contribution < 1.29 is 14.6 Å². The zero-order valence-electron chi connectivity index (χ0n) is 11.9. The number of carbonyl (C=O) groups is 1. The fraction of sp³-hybridized carbons (Fsp3) is 0.812. The zero-order chi connectivity index (χ0) is 13.8. The first kappa shape index (κ1) is 13.2. The first-order chi connectivity index (χ1) is 8.81. The van der Waals surface area contributed by atoms with Gasteiger partial charge in [-0.25, -0.2) is 4.79 Å². The Labute approximate surface area is 115 Å². The number of ether oxygens (including phenoxy) is 1. The average molecular weight is 264 g/mol. The van der Waals surface area contributed by atoms with Gasteiger partial charge in [-0.1, -0.05) is 20.4 Å². The van der Waals surface area contributed by atoms with Crippen molar-refractivity contribution in [3.63, 3.8) is 0 Å². The van der Waals surface area contributed by atoms with Crippen molar-refractivity contribution in [2.24, 2.45) is 17.8 Å². The molecular formula is C16H24O3. The Morgan fingerprint density at radius 1 is 1.26 bits per heavy atom. The predicted octanol–water partition coefficient (Wildman–Crippen LogP) is 2.83. The summed E-state index contributed by atoms with van der Waals surface area (Å²) in [5.41, 5.74) is -0.445. The van der Waals surface area contributed by atoms with E-state index in [1.807, 2.05) is 13.8 Å². The minimum Gasteiger partial charge on any atom is -0.456 e. The fourth-order valence-corrected chi connectivity index (χ4v) is 4.75. The van der Waals surface area contributed by atoms with Crippen molar-refractivity contribution in [1.82, 2.24) is 0 Å². The van der Waals surface area contributed by atoms with Gasteiger partial charge < -0.3 is 9.84 Å². The molecule has 0 aromatic rings. The highest BCUT2D eigenvalue weighted by Gasteiger charge is 2.59. The molecule has 106 valence electrons. The van der Waals surface area contributed by atoms with E-state index in [0.717, 1.165) is 25.7 Å². The van der Waals surface area contributed by atoms with Gasteiger partial charge in [-0.3, -0.25) is 0 Å². The van der Waals surface area contributed by atoms with Gasteiger partial charge in [-0.15, -0.1) is 0 Å². The van der Waals surface area contributed by atoms with Crippen LogP contribution >= 0.6 is 0 Å². The van der Waals surface area contributed by atoms with Crippen LogP contribution in [0.25, 0.3) is 0 Å². The fourth-order valence-electron chi connectivity index (χ4n) is 4.75. The summed E-state index contributed by atoms with van der Waals surface area (Å²) in [6, 6.07) is 0. The molecule has 0 saturated heterocycles. The van der Waals surface area contributed by atoms with Gasteiger partial charge in [0, 0.05) is 12.0 Å². The van der Waals surface area contributed by atoms with Crippen LogP contribution in [0.4, 0.5) is 0 Å². The predicted molar refractivity (Wildman–Crippen MR) is 72.4 cm³/mol. The molecule has 3 nitrogen and oxygen atoms in total. The highest BCUT2D eigenvalue weighted by Crippen LogP contribution is 2.58. The molecular weight excluding hydrogens is 240 g/mol. The van der Waals surface area contributed by atoms with Crippen molar-refractivity contribution in [1.29, 1.82) is 0 Å². The summed E-state index contributed by atoms with van der Waals surface area (Å²) >= 11 is 0. The second-order valence-electron chi connectivity index (χ2n) is 7.44. The van der Waals surface area contributed by atoms with E-state index in [4.69, 9.17) is 4.74 Å². The van der Waals surface area contributed by atoms with Gasteiger partial charge in [0.2, 0.25) is 0 Å². The van der Waals surface area contributed by atoms with E-state index >= 15 is 0 Å². The lowest BCUT2D eigenvalue weighted by molar-refractivity contribution is -0.217. The molecule has 4 fully saturated rings. The maximum absolute atomic E-state index is 12.2. The van der Waals surface area contributed by atoms with Crippen molar-refractivity contribution in [3.05, 3.63) is 12.2 Å². The summed E-state index contributed by atoms with van der Waals surface area (Å²) in [4.78, 5) is 12.2. The molecule has 4 rings (SSSR count). The molecule has 2 unspecified atom stereocenters. The average Bonchev–Trinajstić information content (AvgIpc) is 2.23. The topological polar surface area (TPSA) is 46.5 Å². The number of hydrogen-bond donors (Lipinski definition) is 1. The molecule has 1 N–H and O–H groups in total. The molecule has 0 spiro atoms. The first-order valence-electron chi connectivity index (χ1n) is 7.45. The standard InChI is InChI=1S/C16H24O3/c1-10(2)11(3)14(17)19-16-7-12-4-13(8-16)6-15(18,5-12)9-16/h10,12-13,18H,3-9H2,1-2H3. The van der Waals surface area contributed by atoms with E-state index in [0.29, 0.717) is 23.8 Å². The van der Waals surface area contributed by atoms with E-state index in [1.165, 1.54) is 6.42 Å². The summed E-state index contributed by atoms with van der Waals surface area (Å²) in [6.45, 7) is 7.74. The highest BCUT2D eigenvalue weighted by molar-refractivity contribution is 5.88. The van der Waals surface area contributed by atoms with Crippen LogP contribution in [0.2, 0.25) is 0 Å². The molecule has 3 heteroatoms. The number of rotatable bonds is 3. The van der Waals surface area contributed by atoms with Gasteiger partial charge in [0.1, 0.15) is 5.60 Å². The second kappa shape index (κ2) is 4.08. The molecule has 4 aliphatic carbocycles. The highest BCUT2D eigenvalue weighted by atomic mass is 16.6. The van der Waals surface area contributed by atoms with Gasteiger partial charge >= 0.3 is 5.97 Å². The van der Waals surface area contributed by atoms with Crippen LogP contribution < -0.4 is 0 Å². The van der Waals surface area contributed by atoms with E-state index in [2.05, 4.69) is 6.58 Å². The lowest BCUT2D eigenvalue weighted by Gasteiger charge is -2.59. The number of hydrogen-bond acceptors (Lipinski definition) is 3. The van der Waals surface area contributed by atoms with E-state index in [-0.39, 0.29) is 11.9 Å². The van der Waals surface area contributed by atoms with Crippen LogP contribution in [-0.4, -0.2) is 22.3 Å². The molecule has 4 aliphatic rings. The van der Waals surface area contributed by atoms with E-state index in [9.17, 15) is 9.90 Å². The molecule has 0 heterocycles.